The van der Waals surface area contributed by atoms with Crippen molar-refractivity contribution in [3.63, 3.8) is 0 Å². The molecule has 0 heterocycles. The van der Waals surface area contributed by atoms with Crippen LogP contribution in [0.2, 0.25) is 0 Å². The molecule has 114 valence electrons. The molecule has 0 aromatic heterocycles. The van der Waals surface area contributed by atoms with Gasteiger partial charge in [-0.15, -0.1) is 0 Å². The first kappa shape index (κ1) is 13.8. The summed E-state index contributed by atoms with van der Waals surface area (Å²) in [5.41, 5.74) is 1.48. The lowest BCUT2D eigenvalue weighted by Gasteiger charge is -2.72. The van der Waals surface area contributed by atoms with Crippen LogP contribution >= 0.6 is 0 Å². The third kappa shape index (κ3) is 1.55. The zero-order chi connectivity index (χ0) is 14.7. The number of nitrogens with one attached hydrogen (secondary N) is 1. The number of aliphatic hydroxyl groups is 1. The molecule has 1 aromatic rings. The molecular formula is C19H27NO. The minimum Gasteiger partial charge on any atom is -0.389 e. The Morgan fingerprint density at radius 1 is 1.14 bits per heavy atom. The summed E-state index contributed by atoms with van der Waals surface area (Å²) in [4.78, 5) is 0. The molecule has 2 nitrogen and oxygen atoms in total. The van der Waals surface area contributed by atoms with Gasteiger partial charge in [-0.3, -0.25) is 0 Å². The van der Waals surface area contributed by atoms with E-state index in [1.165, 1.54) is 18.4 Å². The molecular weight excluding hydrogens is 258 g/mol. The molecule has 1 aromatic carbocycles. The van der Waals surface area contributed by atoms with Crippen molar-refractivity contribution in [3.8, 4) is 0 Å². The fourth-order valence-electron chi connectivity index (χ4n) is 6.24. The van der Waals surface area contributed by atoms with Crippen molar-refractivity contribution in [2.75, 3.05) is 0 Å². The Bertz CT molecular complexity index is 530. The fraction of sp³-hybridized carbons (Fsp3) is 0.684. The molecule has 21 heavy (non-hydrogen) atoms. The quantitative estimate of drug-likeness (QED) is 0.892. The number of rotatable bonds is 3. The molecule has 0 aliphatic heterocycles. The monoisotopic (exact) mass is 285 g/mol. The van der Waals surface area contributed by atoms with Crippen LogP contribution in [0.4, 0.5) is 0 Å². The summed E-state index contributed by atoms with van der Waals surface area (Å²) in [7, 11) is 0. The summed E-state index contributed by atoms with van der Waals surface area (Å²) in [5, 5.41) is 14.4. The van der Waals surface area contributed by atoms with Gasteiger partial charge in [0.2, 0.25) is 0 Å². The zero-order valence-corrected chi connectivity index (χ0v) is 13.2. The minimum atomic E-state index is -0.250. The van der Waals surface area contributed by atoms with Crippen LogP contribution in [0.5, 0.6) is 0 Å². The van der Waals surface area contributed by atoms with Crippen molar-refractivity contribution >= 4 is 0 Å². The highest BCUT2D eigenvalue weighted by molar-refractivity contribution is 5.34. The second-order valence-corrected chi connectivity index (χ2v) is 7.38. The van der Waals surface area contributed by atoms with Crippen LogP contribution in [0.1, 0.15) is 45.1 Å². The molecule has 5 rings (SSSR count). The van der Waals surface area contributed by atoms with E-state index < -0.39 is 0 Å². The summed E-state index contributed by atoms with van der Waals surface area (Å²) in [6.07, 6.45) is 4.83. The van der Waals surface area contributed by atoms with Gasteiger partial charge in [0.25, 0.3) is 0 Å². The van der Waals surface area contributed by atoms with Crippen molar-refractivity contribution < 1.29 is 5.11 Å². The zero-order valence-electron chi connectivity index (χ0n) is 13.2. The molecule has 4 saturated carbocycles. The maximum absolute atomic E-state index is 10.6. The van der Waals surface area contributed by atoms with E-state index in [0.717, 1.165) is 37.1 Å². The highest BCUT2D eigenvalue weighted by Gasteiger charge is 2.83. The average Bonchev–Trinajstić information content (AvgIpc) is 3.02. The van der Waals surface area contributed by atoms with E-state index in [-0.39, 0.29) is 5.60 Å². The molecule has 2 N–H and O–H groups in total. The molecule has 4 aliphatic rings. The molecule has 0 amide bonds. The van der Waals surface area contributed by atoms with Crippen LogP contribution in [0.15, 0.2) is 30.3 Å². The van der Waals surface area contributed by atoms with Gasteiger partial charge in [-0.25, -0.2) is 0 Å². The number of hydrogen-bond donors (Lipinski definition) is 2. The van der Waals surface area contributed by atoms with E-state index in [1.807, 2.05) is 13.8 Å². The predicted octanol–water partition coefficient (Wildman–Crippen LogP) is 3.35. The first-order chi connectivity index (χ1) is 10.2. The molecule has 1 spiro atoms. The van der Waals surface area contributed by atoms with Crippen LogP contribution in [0.3, 0.4) is 0 Å². The highest BCUT2D eigenvalue weighted by atomic mass is 16.3. The minimum absolute atomic E-state index is 0.250. The van der Waals surface area contributed by atoms with E-state index in [4.69, 9.17) is 0 Å². The van der Waals surface area contributed by atoms with Gasteiger partial charge in [-0.1, -0.05) is 44.2 Å². The van der Waals surface area contributed by atoms with Gasteiger partial charge in [0.05, 0.1) is 5.60 Å². The maximum atomic E-state index is 10.6. The number of fused-ring (bicyclic) bond motifs is 1. The second-order valence-electron chi connectivity index (χ2n) is 7.38. The van der Waals surface area contributed by atoms with Crippen LogP contribution in [0, 0.1) is 23.2 Å². The Balaban J connectivity index is 0.000000555. The van der Waals surface area contributed by atoms with Gasteiger partial charge in [-0.2, -0.15) is 0 Å². The third-order valence-corrected chi connectivity index (χ3v) is 6.91. The molecule has 0 saturated heterocycles. The lowest BCUT2D eigenvalue weighted by Crippen LogP contribution is -2.76. The van der Waals surface area contributed by atoms with Gasteiger partial charge in [-0.05, 0) is 49.0 Å². The molecule has 4 unspecified atom stereocenters. The molecule has 0 radical (unpaired) electrons. The topological polar surface area (TPSA) is 32.3 Å². The van der Waals surface area contributed by atoms with Crippen molar-refractivity contribution in [1.82, 2.24) is 5.32 Å². The van der Waals surface area contributed by atoms with Gasteiger partial charge >= 0.3 is 0 Å². The summed E-state index contributed by atoms with van der Waals surface area (Å²) in [5.74, 6) is 2.45. The van der Waals surface area contributed by atoms with Crippen LogP contribution < -0.4 is 5.32 Å². The predicted molar refractivity (Wildman–Crippen MR) is 84.7 cm³/mol. The van der Waals surface area contributed by atoms with E-state index in [2.05, 4.69) is 35.6 Å². The molecule has 4 fully saturated rings. The van der Waals surface area contributed by atoms with Crippen LogP contribution in [0.25, 0.3) is 0 Å². The third-order valence-electron chi connectivity index (χ3n) is 6.91. The van der Waals surface area contributed by atoms with E-state index in [1.54, 1.807) is 0 Å². The van der Waals surface area contributed by atoms with Gasteiger partial charge in [0, 0.05) is 18.0 Å². The maximum Gasteiger partial charge on any atom is 0.0716 e. The smallest absolute Gasteiger partial charge is 0.0716 e. The summed E-state index contributed by atoms with van der Waals surface area (Å²) >= 11 is 0. The highest BCUT2D eigenvalue weighted by Crippen LogP contribution is 2.82. The lowest BCUT2D eigenvalue weighted by molar-refractivity contribution is -0.309. The molecule has 6 atom stereocenters. The normalized spacial score (nSPS) is 47.8. The Hall–Kier alpha value is -0.860. The Kier molecular flexibility index (Phi) is 3.00. The van der Waals surface area contributed by atoms with Crippen molar-refractivity contribution in [3.05, 3.63) is 35.9 Å². The Morgan fingerprint density at radius 3 is 2.57 bits per heavy atom. The second kappa shape index (κ2) is 4.57. The van der Waals surface area contributed by atoms with Crippen molar-refractivity contribution in [2.45, 2.75) is 57.7 Å². The lowest BCUT2D eigenvalue weighted by atomic mass is 9.35. The number of benzene rings is 1. The van der Waals surface area contributed by atoms with Crippen LogP contribution in [-0.2, 0) is 6.54 Å². The SMILES string of the molecule is CC.O[C@@]12CC3CC4CC31C(C2)[C@@H]4NCc1ccccc1. The van der Waals surface area contributed by atoms with E-state index in [0.29, 0.717) is 11.5 Å². The largest absolute Gasteiger partial charge is 0.389 e. The Morgan fingerprint density at radius 2 is 1.90 bits per heavy atom. The van der Waals surface area contributed by atoms with E-state index in [9.17, 15) is 5.11 Å². The first-order valence-corrected chi connectivity index (χ1v) is 8.73. The average molecular weight is 285 g/mol. The summed E-state index contributed by atoms with van der Waals surface area (Å²) < 4.78 is 0. The van der Waals surface area contributed by atoms with E-state index >= 15 is 0 Å². The summed E-state index contributed by atoms with van der Waals surface area (Å²) in [6, 6.07) is 11.4. The first-order valence-electron chi connectivity index (χ1n) is 8.73. The molecule has 2 heteroatoms. The van der Waals surface area contributed by atoms with Crippen molar-refractivity contribution in [2.24, 2.45) is 23.2 Å². The van der Waals surface area contributed by atoms with Crippen molar-refractivity contribution in [1.29, 1.82) is 0 Å². The van der Waals surface area contributed by atoms with Gasteiger partial charge < -0.3 is 10.4 Å². The fourth-order valence-corrected chi connectivity index (χ4v) is 6.24. The standard InChI is InChI=1S/C17H21NO.C2H6/c19-16-8-13-6-12-7-17(13,16)14(9-16)15(12)18-10-11-4-2-1-3-5-11;1-2/h1-5,12-15,18-19H,6-10H2;1-2H3/t12?,13?,14?,15-,16-,17?;/m1./s1. The van der Waals surface area contributed by atoms with Gasteiger partial charge in [0.15, 0.2) is 0 Å². The van der Waals surface area contributed by atoms with Crippen LogP contribution in [-0.4, -0.2) is 16.7 Å². The Labute approximate surface area is 128 Å². The summed E-state index contributed by atoms with van der Waals surface area (Å²) in [6.45, 7) is 4.98. The molecule has 4 aliphatic carbocycles. The number of hydrogen-bond acceptors (Lipinski definition) is 2. The van der Waals surface area contributed by atoms with Gasteiger partial charge in [0.1, 0.15) is 0 Å². The molecule has 2 bridgehead atoms.